The molecule has 5 aromatic rings. The van der Waals surface area contributed by atoms with Crippen LogP contribution in [0.2, 0.25) is 0 Å². The molecule has 0 radical (unpaired) electrons. The van der Waals surface area contributed by atoms with Gasteiger partial charge in [0.2, 0.25) is 0 Å². The molecular weight excluding hydrogens is 476 g/mol. The molecule has 2 aliphatic rings. The molecule has 192 valence electrons. The van der Waals surface area contributed by atoms with Crippen molar-refractivity contribution in [1.82, 2.24) is 9.97 Å². The van der Waals surface area contributed by atoms with E-state index in [0.717, 1.165) is 61.7 Å². The molecule has 3 atom stereocenters. The van der Waals surface area contributed by atoms with Crippen LogP contribution in [-0.2, 0) is 0 Å². The maximum atomic E-state index is 6.89. The SMILES string of the molecule is C=C(C#Cc1ccccc1)c1ccc2nc3c(nc2c1)c1c(c2ccccc23)OC(C)(C)[C@H]2CC[C@H](C)C[C@H]12. The number of benzene rings is 4. The van der Waals surface area contributed by atoms with Crippen LogP contribution in [0.5, 0.6) is 5.75 Å². The number of rotatable bonds is 1. The zero-order chi connectivity index (χ0) is 26.7. The molecule has 0 spiro atoms. The van der Waals surface area contributed by atoms with Crippen LogP contribution < -0.4 is 4.74 Å². The molecular formula is C36H32N2O. The summed E-state index contributed by atoms with van der Waals surface area (Å²) in [6.07, 6.45) is 3.58. The third-order valence-corrected chi connectivity index (χ3v) is 8.81. The van der Waals surface area contributed by atoms with Gasteiger partial charge in [0.05, 0.1) is 22.1 Å². The first-order valence-corrected chi connectivity index (χ1v) is 14.0. The lowest BCUT2D eigenvalue weighted by Gasteiger charge is -2.49. The minimum absolute atomic E-state index is 0.221. The molecule has 0 N–H and O–H groups in total. The Morgan fingerprint density at radius 3 is 2.46 bits per heavy atom. The maximum absolute atomic E-state index is 6.89. The zero-order valence-corrected chi connectivity index (χ0v) is 22.8. The van der Waals surface area contributed by atoms with Crippen molar-refractivity contribution < 1.29 is 4.74 Å². The summed E-state index contributed by atoms with van der Waals surface area (Å²) in [5, 5.41) is 2.24. The van der Waals surface area contributed by atoms with Crippen LogP contribution in [0, 0.1) is 23.7 Å². The molecule has 0 saturated heterocycles. The Hall–Kier alpha value is -4.16. The van der Waals surface area contributed by atoms with Crippen molar-refractivity contribution in [3.8, 4) is 17.6 Å². The molecule has 0 bridgehead atoms. The van der Waals surface area contributed by atoms with E-state index >= 15 is 0 Å². The number of nitrogens with zero attached hydrogens (tertiary/aromatic N) is 2. The molecule has 1 aromatic heterocycles. The topological polar surface area (TPSA) is 35.0 Å². The molecule has 2 heterocycles. The summed E-state index contributed by atoms with van der Waals surface area (Å²) in [6, 6.07) is 24.7. The predicted molar refractivity (Wildman–Crippen MR) is 161 cm³/mol. The van der Waals surface area contributed by atoms with Crippen molar-refractivity contribution in [3.63, 3.8) is 0 Å². The highest BCUT2D eigenvalue weighted by atomic mass is 16.5. The van der Waals surface area contributed by atoms with E-state index in [4.69, 9.17) is 14.7 Å². The highest BCUT2D eigenvalue weighted by molar-refractivity contribution is 6.11. The highest BCUT2D eigenvalue weighted by Gasteiger charge is 2.47. The number of ether oxygens (including phenoxy) is 1. The Bertz CT molecular complexity index is 1840. The fourth-order valence-electron chi connectivity index (χ4n) is 6.82. The fraction of sp³-hybridized carbons (Fsp3) is 0.278. The maximum Gasteiger partial charge on any atom is 0.133 e. The lowest BCUT2D eigenvalue weighted by Crippen LogP contribution is -2.46. The van der Waals surface area contributed by atoms with Gasteiger partial charge < -0.3 is 4.74 Å². The number of fused-ring (bicyclic) bond motifs is 9. The summed E-state index contributed by atoms with van der Waals surface area (Å²) in [7, 11) is 0. The van der Waals surface area contributed by atoms with Gasteiger partial charge in [-0.15, -0.1) is 0 Å². The average molecular weight is 509 g/mol. The molecule has 1 aliphatic heterocycles. The van der Waals surface area contributed by atoms with Crippen molar-refractivity contribution in [1.29, 1.82) is 0 Å². The van der Waals surface area contributed by atoms with Gasteiger partial charge in [-0.3, -0.25) is 0 Å². The molecule has 0 amide bonds. The summed E-state index contributed by atoms with van der Waals surface area (Å²) in [6.45, 7) is 11.2. The molecule has 3 heteroatoms. The van der Waals surface area contributed by atoms with Crippen LogP contribution in [0.3, 0.4) is 0 Å². The molecule has 39 heavy (non-hydrogen) atoms. The molecule has 1 saturated carbocycles. The first-order valence-electron chi connectivity index (χ1n) is 14.0. The zero-order valence-electron chi connectivity index (χ0n) is 22.8. The number of hydrogen-bond acceptors (Lipinski definition) is 3. The van der Waals surface area contributed by atoms with E-state index in [9.17, 15) is 0 Å². The van der Waals surface area contributed by atoms with Crippen LogP contribution in [0.15, 0.2) is 79.4 Å². The lowest BCUT2D eigenvalue weighted by atomic mass is 9.64. The summed E-state index contributed by atoms with van der Waals surface area (Å²) < 4.78 is 6.89. The van der Waals surface area contributed by atoms with Gasteiger partial charge in [0.25, 0.3) is 0 Å². The van der Waals surface area contributed by atoms with Crippen LogP contribution in [0.4, 0.5) is 0 Å². The minimum Gasteiger partial charge on any atom is -0.487 e. The largest absolute Gasteiger partial charge is 0.487 e. The van der Waals surface area contributed by atoms with Crippen molar-refractivity contribution in [2.45, 2.75) is 51.6 Å². The molecule has 1 aliphatic carbocycles. The van der Waals surface area contributed by atoms with Crippen molar-refractivity contribution in [3.05, 3.63) is 96.1 Å². The smallest absolute Gasteiger partial charge is 0.133 e. The van der Waals surface area contributed by atoms with Crippen molar-refractivity contribution in [2.75, 3.05) is 0 Å². The summed E-state index contributed by atoms with van der Waals surface area (Å²) >= 11 is 0. The summed E-state index contributed by atoms with van der Waals surface area (Å²) in [5.41, 5.74) is 7.44. The predicted octanol–water partition coefficient (Wildman–Crippen LogP) is 8.69. The third-order valence-electron chi connectivity index (χ3n) is 8.81. The third kappa shape index (κ3) is 3.98. The van der Waals surface area contributed by atoms with Gasteiger partial charge in [-0.25, -0.2) is 9.97 Å². The van der Waals surface area contributed by atoms with Gasteiger partial charge in [0.15, 0.2) is 0 Å². The van der Waals surface area contributed by atoms with E-state index in [1.165, 1.54) is 18.4 Å². The molecule has 4 aromatic carbocycles. The number of aromatic nitrogens is 2. The van der Waals surface area contributed by atoms with E-state index in [-0.39, 0.29) is 5.60 Å². The van der Waals surface area contributed by atoms with E-state index < -0.39 is 0 Å². The van der Waals surface area contributed by atoms with Crippen LogP contribution in [-0.4, -0.2) is 15.6 Å². The second kappa shape index (κ2) is 8.95. The normalized spacial score (nSPS) is 21.5. The molecule has 7 rings (SSSR count). The van der Waals surface area contributed by atoms with Gasteiger partial charge in [-0.05, 0) is 68.4 Å². The summed E-state index contributed by atoms with van der Waals surface area (Å²) in [5.74, 6) is 9.00. The van der Waals surface area contributed by atoms with E-state index in [1.54, 1.807) is 0 Å². The number of hydrogen-bond donors (Lipinski definition) is 0. The molecule has 0 unspecified atom stereocenters. The van der Waals surface area contributed by atoms with Crippen LogP contribution >= 0.6 is 0 Å². The Labute approximate surface area is 229 Å². The monoisotopic (exact) mass is 508 g/mol. The highest BCUT2D eigenvalue weighted by Crippen LogP contribution is 2.56. The van der Waals surface area contributed by atoms with E-state index in [2.05, 4.69) is 75.6 Å². The quantitative estimate of drug-likeness (QED) is 0.129. The van der Waals surface area contributed by atoms with Crippen molar-refractivity contribution in [2.24, 2.45) is 11.8 Å². The van der Waals surface area contributed by atoms with Crippen LogP contribution in [0.1, 0.15) is 62.6 Å². The summed E-state index contributed by atoms with van der Waals surface area (Å²) in [4.78, 5) is 10.6. The molecule has 1 fully saturated rings. The van der Waals surface area contributed by atoms with E-state index in [0.29, 0.717) is 17.8 Å². The Morgan fingerprint density at radius 2 is 1.64 bits per heavy atom. The fourth-order valence-corrected chi connectivity index (χ4v) is 6.82. The van der Waals surface area contributed by atoms with Crippen LogP contribution in [0.25, 0.3) is 38.4 Å². The Balaban J connectivity index is 1.44. The second-order valence-corrected chi connectivity index (χ2v) is 11.8. The van der Waals surface area contributed by atoms with Gasteiger partial charge in [-0.1, -0.05) is 80.3 Å². The standard InChI is InChI=1S/C36H32N2O/c1-22-14-18-29-28(20-22)32-34-33(26-12-8-9-13-27(26)35(32)39-36(29,3)4)37-30-19-17-25(21-31(30)38-34)23(2)15-16-24-10-6-5-7-11-24/h5-13,17,19,21-22,28-29H,2,14,18,20H2,1,3-4H3/t22-,28-,29-/m0/s1. The Morgan fingerprint density at radius 1 is 0.897 bits per heavy atom. The average Bonchev–Trinajstić information content (AvgIpc) is 2.95. The van der Waals surface area contributed by atoms with Gasteiger partial charge in [0, 0.05) is 33.4 Å². The van der Waals surface area contributed by atoms with Gasteiger partial charge in [0.1, 0.15) is 11.4 Å². The first kappa shape index (κ1) is 23.9. The second-order valence-electron chi connectivity index (χ2n) is 11.8. The van der Waals surface area contributed by atoms with Crippen molar-refractivity contribution >= 4 is 38.4 Å². The van der Waals surface area contributed by atoms with Gasteiger partial charge >= 0.3 is 0 Å². The first-order chi connectivity index (χ1) is 18.9. The van der Waals surface area contributed by atoms with E-state index in [1.807, 2.05) is 36.4 Å². The molecule has 3 nitrogen and oxygen atoms in total. The number of allylic oxidation sites excluding steroid dienone is 1. The van der Waals surface area contributed by atoms with Gasteiger partial charge in [-0.2, -0.15) is 0 Å². The minimum atomic E-state index is -0.221. The lowest BCUT2D eigenvalue weighted by molar-refractivity contribution is -0.0115. The Kier molecular flexibility index (Phi) is 5.49.